The third kappa shape index (κ3) is 4.18. The normalized spacial score (nSPS) is 31.2. The third-order valence-electron chi connectivity index (χ3n) is 8.06. The second kappa shape index (κ2) is 10.5. The third-order valence-corrected chi connectivity index (χ3v) is 8.06. The average Bonchev–Trinajstić information content (AvgIpc) is 3.70. The van der Waals surface area contributed by atoms with Gasteiger partial charge in [-0.05, 0) is 25.2 Å². The van der Waals surface area contributed by atoms with E-state index in [2.05, 4.69) is 0 Å². The predicted molar refractivity (Wildman–Crippen MR) is 135 cm³/mol. The predicted octanol–water partition coefficient (Wildman–Crippen LogP) is 0.664. The second-order valence-electron chi connectivity index (χ2n) is 10.5. The number of hydrogen-bond acceptors (Lipinski definition) is 11. The molecule has 0 aromatic heterocycles. The number of hydrogen-bond donors (Lipinski definition) is 2. The molecule has 1 aromatic rings. The molecule has 4 aliphatic rings. The largest absolute Gasteiger partial charge is 0.506 e. The maximum absolute atomic E-state index is 13.0. The molecule has 2 fully saturated rings. The van der Waals surface area contributed by atoms with Crippen LogP contribution >= 0.6 is 0 Å². The van der Waals surface area contributed by atoms with Crippen LogP contribution in [0.5, 0.6) is 11.5 Å². The average molecular weight is 549 g/mol. The molecule has 1 spiro atoms. The Kier molecular flexibility index (Phi) is 7.51. The summed E-state index contributed by atoms with van der Waals surface area (Å²) in [5.74, 6) is -3.21. The number of fused-ring (bicyclic) bond motifs is 2. The number of carbonyl (C=O) groups is 2. The van der Waals surface area contributed by atoms with Gasteiger partial charge in [0.2, 0.25) is 11.9 Å². The first-order valence-electron chi connectivity index (χ1n) is 13.2. The van der Waals surface area contributed by atoms with Crippen molar-refractivity contribution in [2.75, 3.05) is 41.2 Å². The van der Waals surface area contributed by atoms with Gasteiger partial charge in [0.15, 0.2) is 5.78 Å². The zero-order valence-electron chi connectivity index (χ0n) is 22.7. The minimum atomic E-state index is -2.08. The van der Waals surface area contributed by atoms with Crippen molar-refractivity contribution in [3.8, 4) is 11.5 Å². The first kappa shape index (κ1) is 28.0. The van der Waals surface area contributed by atoms with Crippen LogP contribution in [0.25, 0.3) is 11.8 Å². The number of benzene rings is 1. The molecule has 4 atom stereocenters. The molecule has 2 aliphatic carbocycles. The van der Waals surface area contributed by atoms with Crippen molar-refractivity contribution in [1.82, 2.24) is 0 Å². The fourth-order valence-electron chi connectivity index (χ4n) is 6.17. The molecular weight excluding hydrogens is 512 g/mol. The molecule has 5 rings (SSSR count). The van der Waals surface area contributed by atoms with Crippen molar-refractivity contribution in [2.24, 2.45) is 5.92 Å². The van der Waals surface area contributed by atoms with Crippen LogP contribution in [0.15, 0.2) is 0 Å². The summed E-state index contributed by atoms with van der Waals surface area (Å²) in [5.41, 5.74) is -0.588. The van der Waals surface area contributed by atoms with Gasteiger partial charge < -0.3 is 48.2 Å². The number of phenolic OH excluding ortho intramolecular Hbond substituents is 1. The van der Waals surface area contributed by atoms with Gasteiger partial charge >= 0.3 is 0 Å². The molecule has 39 heavy (non-hydrogen) atoms. The fourth-order valence-corrected chi connectivity index (χ4v) is 6.17. The number of rotatable bonds is 11. The summed E-state index contributed by atoms with van der Waals surface area (Å²) in [6, 6.07) is 0. The lowest BCUT2D eigenvalue weighted by Gasteiger charge is -2.39. The topological polar surface area (TPSA) is 143 Å². The maximum atomic E-state index is 13.0. The van der Waals surface area contributed by atoms with E-state index in [4.69, 9.17) is 33.2 Å². The molecule has 11 nitrogen and oxygen atoms in total. The summed E-state index contributed by atoms with van der Waals surface area (Å²) < 4.78 is 41.2. The SMILES string of the molecule is COc1c2c(c(O)c3c1=CC(C)CC=3OC1(OCCCC=O)COC(O)(C(OC)OC)C13CO3)C(=O)CCC2. The first-order chi connectivity index (χ1) is 18.7. The molecule has 1 aromatic carbocycles. The van der Waals surface area contributed by atoms with Gasteiger partial charge in [0.25, 0.3) is 11.6 Å². The number of Topliss-reactive ketones (excluding diaryl/α,β-unsaturated/α-hetero) is 1. The van der Waals surface area contributed by atoms with Crippen LogP contribution in [-0.2, 0) is 39.6 Å². The quantitative estimate of drug-likeness (QED) is 0.174. The Morgan fingerprint density at radius 3 is 2.56 bits per heavy atom. The van der Waals surface area contributed by atoms with E-state index in [1.54, 1.807) is 7.11 Å². The summed E-state index contributed by atoms with van der Waals surface area (Å²) in [6.07, 6.45) is 4.22. The highest BCUT2D eigenvalue weighted by Gasteiger charge is 2.84. The smallest absolute Gasteiger partial charge is 0.271 e. The Bertz CT molecular complexity index is 1270. The van der Waals surface area contributed by atoms with Gasteiger partial charge in [-0.15, -0.1) is 0 Å². The lowest BCUT2D eigenvalue weighted by molar-refractivity contribution is -0.332. The van der Waals surface area contributed by atoms with Crippen molar-refractivity contribution in [3.63, 3.8) is 0 Å². The molecule has 0 radical (unpaired) electrons. The van der Waals surface area contributed by atoms with E-state index in [1.165, 1.54) is 14.2 Å². The zero-order chi connectivity index (χ0) is 28.0. The number of aliphatic hydroxyl groups is 1. The standard InChI is InChI=1S/C28H36O11/c1-16-12-18-22(23(31)21-17(24(18)33-2)8-7-9-19(21)30)20(13-16)39-27(36-11-6-5-10-29)15-38-28(32,25(34-3)35-4)26(27)14-37-26/h10,12,16,25,31-32H,5-9,11,13-15H2,1-4H3. The maximum Gasteiger partial charge on any atom is 0.271 e. The number of methoxy groups -OCH3 is 3. The van der Waals surface area contributed by atoms with Gasteiger partial charge in [0.1, 0.15) is 30.2 Å². The van der Waals surface area contributed by atoms with Gasteiger partial charge in [-0.1, -0.05) is 13.0 Å². The number of carbonyl (C=O) groups excluding carboxylic acids is 2. The number of epoxide rings is 1. The molecular formula is C28H36O11. The van der Waals surface area contributed by atoms with Crippen molar-refractivity contribution < 1.29 is 53.0 Å². The van der Waals surface area contributed by atoms with E-state index in [1.807, 2.05) is 13.0 Å². The van der Waals surface area contributed by atoms with Crippen molar-refractivity contribution >= 4 is 23.9 Å². The van der Waals surface area contributed by atoms with E-state index >= 15 is 0 Å². The van der Waals surface area contributed by atoms with Crippen LogP contribution in [0.1, 0.15) is 54.9 Å². The monoisotopic (exact) mass is 548 g/mol. The molecule has 0 amide bonds. The number of ketones is 1. The summed E-state index contributed by atoms with van der Waals surface area (Å²) in [4.78, 5) is 23.9. The van der Waals surface area contributed by atoms with Crippen LogP contribution in [0.2, 0.25) is 0 Å². The molecule has 2 N–H and O–H groups in total. The number of unbranched alkanes of at least 4 members (excludes halogenated alkanes) is 1. The summed E-state index contributed by atoms with van der Waals surface area (Å²) in [6.45, 7) is 1.86. The van der Waals surface area contributed by atoms with Gasteiger partial charge in [0, 0.05) is 44.3 Å². The molecule has 0 bridgehead atoms. The van der Waals surface area contributed by atoms with E-state index in [0.717, 1.165) is 6.29 Å². The Balaban J connectivity index is 1.69. The number of aromatic hydroxyl groups is 1. The highest BCUT2D eigenvalue weighted by molar-refractivity contribution is 6.02. The minimum absolute atomic E-state index is 0.0141. The summed E-state index contributed by atoms with van der Waals surface area (Å²) in [7, 11) is 4.28. The number of phenols is 1. The highest BCUT2D eigenvalue weighted by atomic mass is 16.8. The second-order valence-corrected chi connectivity index (χ2v) is 10.5. The van der Waals surface area contributed by atoms with E-state index < -0.39 is 23.5 Å². The molecule has 2 heterocycles. The van der Waals surface area contributed by atoms with E-state index in [9.17, 15) is 19.8 Å². The summed E-state index contributed by atoms with van der Waals surface area (Å²) >= 11 is 0. The molecule has 11 heteroatoms. The highest BCUT2D eigenvalue weighted by Crippen LogP contribution is 2.58. The molecule has 0 saturated carbocycles. The Morgan fingerprint density at radius 2 is 1.92 bits per heavy atom. The number of ether oxygens (including phenoxy) is 7. The molecule has 2 saturated heterocycles. The van der Waals surface area contributed by atoms with Gasteiger partial charge in [-0.25, -0.2) is 0 Å². The Morgan fingerprint density at radius 1 is 1.18 bits per heavy atom. The molecule has 4 unspecified atom stereocenters. The lowest BCUT2D eigenvalue weighted by Crippen LogP contribution is -2.62. The summed E-state index contributed by atoms with van der Waals surface area (Å²) in [5, 5.41) is 24.1. The Labute approximate surface area is 226 Å². The van der Waals surface area contributed by atoms with Gasteiger partial charge in [-0.2, -0.15) is 0 Å². The van der Waals surface area contributed by atoms with Gasteiger partial charge in [0.05, 0.1) is 31.1 Å². The van der Waals surface area contributed by atoms with Gasteiger partial charge in [-0.3, -0.25) is 4.79 Å². The molecule has 214 valence electrons. The van der Waals surface area contributed by atoms with Crippen LogP contribution in [0.3, 0.4) is 0 Å². The minimum Gasteiger partial charge on any atom is -0.506 e. The van der Waals surface area contributed by atoms with Crippen LogP contribution in [0.4, 0.5) is 0 Å². The zero-order valence-corrected chi connectivity index (χ0v) is 22.7. The fraction of sp³-hybridized carbons (Fsp3) is 0.643. The first-order valence-corrected chi connectivity index (χ1v) is 13.2. The van der Waals surface area contributed by atoms with E-state index in [-0.39, 0.29) is 49.3 Å². The Hall–Kier alpha value is -2.54. The van der Waals surface area contributed by atoms with Crippen molar-refractivity contribution in [2.45, 2.75) is 68.9 Å². The van der Waals surface area contributed by atoms with E-state index in [0.29, 0.717) is 59.6 Å². The lowest BCUT2D eigenvalue weighted by atomic mass is 9.85. The van der Waals surface area contributed by atoms with Crippen LogP contribution < -0.4 is 15.2 Å². The van der Waals surface area contributed by atoms with Crippen molar-refractivity contribution in [3.05, 3.63) is 21.6 Å². The molecule has 2 aliphatic heterocycles. The van der Waals surface area contributed by atoms with Crippen LogP contribution in [0, 0.1) is 5.92 Å². The van der Waals surface area contributed by atoms with Crippen LogP contribution in [-0.4, -0.2) is 86.9 Å². The number of aldehydes is 1. The van der Waals surface area contributed by atoms with Crippen molar-refractivity contribution in [1.29, 1.82) is 0 Å².